The van der Waals surface area contributed by atoms with Gasteiger partial charge in [0.2, 0.25) is 5.78 Å². The van der Waals surface area contributed by atoms with Crippen LogP contribution in [0.25, 0.3) is 0 Å². The Bertz CT molecular complexity index is 873. The van der Waals surface area contributed by atoms with E-state index in [0.717, 1.165) is 9.58 Å². The molecule has 0 atom stereocenters. The molecular formula is C17H18ClFN2O4S. The van der Waals surface area contributed by atoms with Crippen LogP contribution in [-0.4, -0.2) is 46.7 Å². The zero-order chi connectivity index (χ0) is 19.3. The van der Waals surface area contributed by atoms with Crippen molar-refractivity contribution in [2.75, 3.05) is 26.1 Å². The fraction of sp³-hybridized carbons (Fsp3) is 0.353. The molecule has 0 aliphatic heterocycles. The molecule has 1 aromatic carbocycles. The number of Topliss-reactive ketones (excluding diaryl/α,β-unsaturated/α-hetero) is 1. The molecule has 6 nitrogen and oxygen atoms in total. The number of thioether (sulfide) groups is 1. The Hall–Kier alpha value is -1.74. The van der Waals surface area contributed by atoms with Crippen LogP contribution in [0.5, 0.6) is 0 Å². The standard InChI is InChI=1S/C17H18ClFN2O4S/c1-21-17(24)15(18)12(16(20-21)14(23)9-25-6-5-22)7-10-3-4-11(26-2)8-13(10)19/h3-4,8,22H,5-7,9H2,1-2H3. The van der Waals surface area contributed by atoms with Crippen LogP contribution in [0, 0.1) is 5.82 Å². The predicted molar refractivity (Wildman–Crippen MR) is 97.7 cm³/mol. The minimum Gasteiger partial charge on any atom is -0.394 e. The second-order valence-corrected chi connectivity index (χ2v) is 6.66. The average Bonchev–Trinajstić information content (AvgIpc) is 2.63. The summed E-state index contributed by atoms with van der Waals surface area (Å²) in [4.78, 5) is 25.2. The van der Waals surface area contributed by atoms with E-state index < -0.39 is 17.2 Å². The fourth-order valence-electron chi connectivity index (χ4n) is 2.30. The molecule has 1 heterocycles. The number of ketones is 1. The number of hydrogen-bond donors (Lipinski definition) is 1. The summed E-state index contributed by atoms with van der Waals surface area (Å²) < 4.78 is 20.3. The van der Waals surface area contributed by atoms with Crippen LogP contribution in [0.3, 0.4) is 0 Å². The minimum atomic E-state index is -0.573. The van der Waals surface area contributed by atoms with Crippen LogP contribution in [0.15, 0.2) is 27.9 Å². The lowest BCUT2D eigenvalue weighted by atomic mass is 10.0. The number of hydrogen-bond acceptors (Lipinski definition) is 6. The maximum Gasteiger partial charge on any atom is 0.285 e. The van der Waals surface area contributed by atoms with E-state index in [-0.39, 0.29) is 42.5 Å². The normalized spacial score (nSPS) is 11.0. The van der Waals surface area contributed by atoms with Crippen molar-refractivity contribution in [1.82, 2.24) is 9.78 Å². The van der Waals surface area contributed by atoms with E-state index in [4.69, 9.17) is 21.4 Å². The second-order valence-electron chi connectivity index (χ2n) is 5.40. The van der Waals surface area contributed by atoms with Gasteiger partial charge in [0.1, 0.15) is 23.1 Å². The van der Waals surface area contributed by atoms with Crippen molar-refractivity contribution in [3.05, 3.63) is 56.2 Å². The van der Waals surface area contributed by atoms with Gasteiger partial charge in [0.25, 0.3) is 5.56 Å². The highest BCUT2D eigenvalue weighted by Crippen LogP contribution is 2.24. The first-order chi connectivity index (χ1) is 12.4. The lowest BCUT2D eigenvalue weighted by molar-refractivity contribution is 0.0657. The van der Waals surface area contributed by atoms with Crippen molar-refractivity contribution in [2.24, 2.45) is 7.05 Å². The highest BCUT2D eigenvalue weighted by molar-refractivity contribution is 7.98. The number of aliphatic hydroxyl groups is 1. The molecule has 2 aromatic rings. The number of aliphatic hydroxyl groups excluding tert-OH is 1. The van der Waals surface area contributed by atoms with E-state index in [9.17, 15) is 14.0 Å². The van der Waals surface area contributed by atoms with E-state index >= 15 is 0 Å². The Morgan fingerprint density at radius 1 is 1.46 bits per heavy atom. The summed E-state index contributed by atoms with van der Waals surface area (Å²) in [7, 11) is 1.37. The lowest BCUT2D eigenvalue weighted by Crippen LogP contribution is -2.27. The Balaban J connectivity index is 2.44. The summed E-state index contributed by atoms with van der Waals surface area (Å²) in [5.41, 5.74) is -0.174. The van der Waals surface area contributed by atoms with Crippen molar-refractivity contribution in [3.63, 3.8) is 0 Å². The molecule has 0 saturated heterocycles. The number of halogens is 2. The first-order valence-electron chi connectivity index (χ1n) is 7.69. The van der Waals surface area contributed by atoms with Gasteiger partial charge in [0.05, 0.1) is 13.2 Å². The van der Waals surface area contributed by atoms with Gasteiger partial charge in [-0.15, -0.1) is 11.8 Å². The van der Waals surface area contributed by atoms with Gasteiger partial charge < -0.3 is 9.84 Å². The van der Waals surface area contributed by atoms with Gasteiger partial charge in [-0.1, -0.05) is 17.7 Å². The molecule has 0 saturated carbocycles. The number of carbonyl (C=O) groups excluding carboxylic acids is 1. The van der Waals surface area contributed by atoms with Crippen LogP contribution < -0.4 is 5.56 Å². The number of aromatic nitrogens is 2. The maximum atomic E-state index is 14.3. The van der Waals surface area contributed by atoms with Gasteiger partial charge in [0.15, 0.2) is 0 Å². The molecule has 0 amide bonds. The van der Waals surface area contributed by atoms with Crippen LogP contribution in [0.1, 0.15) is 21.6 Å². The number of carbonyl (C=O) groups is 1. The predicted octanol–water partition coefficient (Wildman–Crippen LogP) is 2.08. The summed E-state index contributed by atoms with van der Waals surface area (Å²) in [5.74, 6) is -0.962. The maximum absolute atomic E-state index is 14.3. The SMILES string of the molecule is CSc1ccc(Cc2c(C(=O)COCCO)nn(C)c(=O)c2Cl)c(F)c1. The first kappa shape index (κ1) is 20.6. The largest absolute Gasteiger partial charge is 0.394 e. The molecule has 1 N–H and O–H groups in total. The van der Waals surface area contributed by atoms with Crippen molar-refractivity contribution in [1.29, 1.82) is 0 Å². The third kappa shape index (κ3) is 4.70. The lowest BCUT2D eigenvalue weighted by Gasteiger charge is -2.12. The number of nitrogens with zero attached hydrogens (tertiary/aromatic N) is 2. The number of ether oxygens (including phenoxy) is 1. The molecule has 2 rings (SSSR count). The summed E-state index contributed by atoms with van der Waals surface area (Å²) in [6.07, 6.45) is 1.78. The number of aryl methyl sites for hydroxylation is 1. The first-order valence-corrected chi connectivity index (χ1v) is 9.29. The molecular weight excluding hydrogens is 383 g/mol. The molecule has 0 aliphatic rings. The summed E-state index contributed by atoms with van der Waals surface area (Å²) >= 11 is 7.54. The Morgan fingerprint density at radius 2 is 2.19 bits per heavy atom. The zero-order valence-electron chi connectivity index (χ0n) is 14.3. The van der Waals surface area contributed by atoms with Crippen LogP contribution in [0.4, 0.5) is 4.39 Å². The average molecular weight is 401 g/mol. The molecule has 140 valence electrons. The van der Waals surface area contributed by atoms with Gasteiger partial charge in [-0.05, 0) is 24.0 Å². The summed E-state index contributed by atoms with van der Waals surface area (Å²) in [6, 6.07) is 4.72. The molecule has 0 fully saturated rings. The van der Waals surface area contributed by atoms with Crippen LogP contribution in [0.2, 0.25) is 5.02 Å². The third-order valence-corrected chi connectivity index (χ3v) is 4.76. The molecule has 9 heteroatoms. The van der Waals surface area contributed by atoms with E-state index in [1.165, 1.54) is 24.9 Å². The van der Waals surface area contributed by atoms with Gasteiger partial charge in [-0.25, -0.2) is 9.07 Å². The molecule has 0 unspecified atom stereocenters. The van der Waals surface area contributed by atoms with Gasteiger partial charge in [0, 0.05) is 23.9 Å². The van der Waals surface area contributed by atoms with E-state index in [1.807, 2.05) is 6.26 Å². The zero-order valence-corrected chi connectivity index (χ0v) is 15.9. The number of benzene rings is 1. The van der Waals surface area contributed by atoms with Gasteiger partial charge in [-0.3, -0.25) is 9.59 Å². The van der Waals surface area contributed by atoms with E-state index in [1.54, 1.807) is 12.1 Å². The van der Waals surface area contributed by atoms with Crippen molar-refractivity contribution < 1.29 is 19.0 Å². The fourth-order valence-corrected chi connectivity index (χ4v) is 3.01. The van der Waals surface area contributed by atoms with Gasteiger partial charge in [-0.2, -0.15) is 5.10 Å². The Kier molecular flexibility index (Phi) is 7.33. The second kappa shape index (κ2) is 9.27. The molecule has 0 radical (unpaired) electrons. The Labute approximate surface area is 158 Å². The highest BCUT2D eigenvalue weighted by atomic mass is 35.5. The van der Waals surface area contributed by atoms with Crippen molar-refractivity contribution in [3.8, 4) is 0 Å². The summed E-state index contributed by atoms with van der Waals surface area (Å²) in [5, 5.41) is 12.5. The minimum absolute atomic E-state index is 0.00859. The number of rotatable bonds is 8. The highest BCUT2D eigenvalue weighted by Gasteiger charge is 2.22. The monoisotopic (exact) mass is 400 g/mol. The van der Waals surface area contributed by atoms with Gasteiger partial charge >= 0.3 is 0 Å². The molecule has 0 spiro atoms. The van der Waals surface area contributed by atoms with E-state index in [2.05, 4.69) is 5.10 Å². The molecule has 0 bridgehead atoms. The quantitative estimate of drug-likeness (QED) is 0.415. The Morgan fingerprint density at radius 3 is 2.81 bits per heavy atom. The molecule has 1 aromatic heterocycles. The molecule has 0 aliphatic carbocycles. The van der Waals surface area contributed by atoms with Crippen LogP contribution in [-0.2, 0) is 18.2 Å². The third-order valence-electron chi connectivity index (χ3n) is 3.64. The smallest absolute Gasteiger partial charge is 0.285 e. The van der Waals surface area contributed by atoms with Crippen molar-refractivity contribution in [2.45, 2.75) is 11.3 Å². The van der Waals surface area contributed by atoms with Crippen LogP contribution >= 0.6 is 23.4 Å². The summed E-state index contributed by atoms with van der Waals surface area (Å²) in [6.45, 7) is -0.567. The van der Waals surface area contributed by atoms with E-state index in [0.29, 0.717) is 5.56 Å². The topological polar surface area (TPSA) is 81.4 Å². The molecule has 26 heavy (non-hydrogen) atoms. The van der Waals surface area contributed by atoms with Crippen molar-refractivity contribution >= 4 is 29.1 Å².